The third kappa shape index (κ3) is 6.75. The Morgan fingerprint density at radius 2 is 1.00 bits per heavy atom. The molecular formula is C39H30F6. The molecule has 0 saturated carbocycles. The summed E-state index contributed by atoms with van der Waals surface area (Å²) in [6.45, 7) is 2.27. The molecule has 2 aliphatic carbocycles. The molecule has 0 aromatic heterocycles. The van der Waals surface area contributed by atoms with Crippen molar-refractivity contribution in [2.45, 2.75) is 38.5 Å². The summed E-state index contributed by atoms with van der Waals surface area (Å²) in [5.74, 6) is 0.516. The fourth-order valence-electron chi connectivity index (χ4n) is 5.96. The average molecular weight is 613 g/mol. The van der Waals surface area contributed by atoms with Gasteiger partial charge in [-0.25, -0.2) is 0 Å². The van der Waals surface area contributed by atoms with Gasteiger partial charge in [0.25, 0.3) is 0 Å². The van der Waals surface area contributed by atoms with Crippen LogP contribution in [0.4, 0.5) is 26.3 Å². The first kappa shape index (κ1) is 30.4. The van der Waals surface area contributed by atoms with E-state index in [1.165, 1.54) is 22.3 Å². The van der Waals surface area contributed by atoms with Crippen LogP contribution in [0.25, 0.3) is 39.0 Å². The van der Waals surface area contributed by atoms with E-state index < -0.39 is 23.5 Å². The molecule has 0 N–H and O–H groups in total. The number of fused-ring (bicyclic) bond motifs is 1. The van der Waals surface area contributed by atoms with Crippen molar-refractivity contribution in [2.75, 3.05) is 0 Å². The Balaban J connectivity index is 1.19. The zero-order valence-corrected chi connectivity index (χ0v) is 24.5. The van der Waals surface area contributed by atoms with Crippen LogP contribution in [0.15, 0.2) is 133 Å². The highest BCUT2D eigenvalue weighted by atomic mass is 19.4. The van der Waals surface area contributed by atoms with Crippen molar-refractivity contribution in [3.05, 3.63) is 149 Å². The summed E-state index contributed by atoms with van der Waals surface area (Å²) in [5, 5.41) is 0. The maximum Gasteiger partial charge on any atom is 0.416 e. The molecule has 4 aromatic carbocycles. The number of benzene rings is 4. The van der Waals surface area contributed by atoms with Crippen LogP contribution in [-0.4, -0.2) is 0 Å². The summed E-state index contributed by atoms with van der Waals surface area (Å²) >= 11 is 0. The minimum absolute atomic E-state index is 0.141. The number of hydrogen-bond acceptors (Lipinski definition) is 0. The van der Waals surface area contributed by atoms with E-state index in [4.69, 9.17) is 0 Å². The van der Waals surface area contributed by atoms with Gasteiger partial charge in [-0.1, -0.05) is 110 Å². The molecule has 6 heteroatoms. The normalized spacial score (nSPS) is 18.2. The van der Waals surface area contributed by atoms with Crippen LogP contribution < -0.4 is 0 Å². The van der Waals surface area contributed by atoms with Crippen molar-refractivity contribution in [3.63, 3.8) is 0 Å². The number of allylic oxidation sites excluding steroid dienone is 8. The van der Waals surface area contributed by atoms with Crippen molar-refractivity contribution in [3.8, 4) is 33.4 Å². The van der Waals surface area contributed by atoms with Crippen molar-refractivity contribution in [1.29, 1.82) is 0 Å². The predicted molar refractivity (Wildman–Crippen MR) is 169 cm³/mol. The lowest BCUT2D eigenvalue weighted by Gasteiger charge is -2.22. The second kappa shape index (κ2) is 12.1. The molecular weight excluding hydrogens is 582 g/mol. The quantitative estimate of drug-likeness (QED) is 0.201. The monoisotopic (exact) mass is 612 g/mol. The molecule has 0 saturated heterocycles. The highest BCUT2D eigenvalue weighted by Gasteiger charge is 2.37. The van der Waals surface area contributed by atoms with Gasteiger partial charge in [0.2, 0.25) is 0 Å². The molecule has 4 aromatic rings. The summed E-state index contributed by atoms with van der Waals surface area (Å²) in [4.78, 5) is 0. The maximum absolute atomic E-state index is 13.3. The highest BCUT2D eigenvalue weighted by Crippen LogP contribution is 2.39. The van der Waals surface area contributed by atoms with Gasteiger partial charge >= 0.3 is 12.4 Å². The van der Waals surface area contributed by atoms with Crippen molar-refractivity contribution in [2.24, 2.45) is 5.92 Å². The molecule has 0 spiro atoms. The summed E-state index contributed by atoms with van der Waals surface area (Å²) in [7, 11) is 0. The van der Waals surface area contributed by atoms with E-state index in [0.717, 1.165) is 53.6 Å². The molecule has 6 rings (SSSR count). The van der Waals surface area contributed by atoms with Gasteiger partial charge in [0, 0.05) is 0 Å². The fourth-order valence-corrected chi connectivity index (χ4v) is 5.96. The SMILES string of the molecule is CC1CC=CC2=CCC/C(c3ccc(-c4ccc(-c5ccc(-c6cc(C(F)(F)F)cc(C(F)(F)F)c6)cc5)cc4)cc3)=C/C=C21. The van der Waals surface area contributed by atoms with Gasteiger partial charge in [0.05, 0.1) is 11.1 Å². The van der Waals surface area contributed by atoms with Gasteiger partial charge in [-0.15, -0.1) is 0 Å². The van der Waals surface area contributed by atoms with E-state index in [1.807, 2.05) is 24.3 Å². The molecule has 0 heterocycles. The number of halogens is 6. The molecule has 0 nitrogen and oxygen atoms in total. The van der Waals surface area contributed by atoms with E-state index in [0.29, 0.717) is 5.92 Å². The Morgan fingerprint density at radius 1 is 0.556 bits per heavy atom. The first-order valence-electron chi connectivity index (χ1n) is 14.8. The third-order valence-electron chi connectivity index (χ3n) is 8.51. The van der Waals surface area contributed by atoms with Crippen LogP contribution in [0.5, 0.6) is 0 Å². The van der Waals surface area contributed by atoms with Crippen LogP contribution >= 0.6 is 0 Å². The summed E-state index contributed by atoms with van der Waals surface area (Å²) in [6, 6.07) is 24.6. The average Bonchev–Trinajstić information content (AvgIpc) is 3.01. The number of alkyl halides is 6. The van der Waals surface area contributed by atoms with Gasteiger partial charge in [0.1, 0.15) is 0 Å². The van der Waals surface area contributed by atoms with Gasteiger partial charge < -0.3 is 0 Å². The lowest BCUT2D eigenvalue weighted by Crippen LogP contribution is -2.11. The second-order valence-electron chi connectivity index (χ2n) is 11.6. The van der Waals surface area contributed by atoms with E-state index >= 15 is 0 Å². The molecule has 228 valence electrons. The molecule has 1 atom stereocenters. The third-order valence-corrected chi connectivity index (χ3v) is 8.51. The zero-order valence-electron chi connectivity index (χ0n) is 24.5. The largest absolute Gasteiger partial charge is 0.416 e. The molecule has 2 aliphatic rings. The fraction of sp³-hybridized carbons (Fsp3) is 0.179. The van der Waals surface area contributed by atoms with Crippen molar-refractivity contribution >= 4 is 5.57 Å². The van der Waals surface area contributed by atoms with Gasteiger partial charge in [-0.3, -0.25) is 0 Å². The lowest BCUT2D eigenvalue weighted by molar-refractivity contribution is -0.143. The Bertz CT molecular complexity index is 1780. The van der Waals surface area contributed by atoms with Gasteiger partial charge in [-0.2, -0.15) is 26.3 Å². The molecule has 0 bridgehead atoms. The van der Waals surface area contributed by atoms with Crippen molar-refractivity contribution in [1.82, 2.24) is 0 Å². The van der Waals surface area contributed by atoms with Crippen LogP contribution in [0.2, 0.25) is 0 Å². The first-order valence-corrected chi connectivity index (χ1v) is 14.8. The molecule has 0 radical (unpaired) electrons. The van der Waals surface area contributed by atoms with Crippen LogP contribution in [0, 0.1) is 5.92 Å². The Kier molecular flexibility index (Phi) is 8.17. The molecule has 0 amide bonds. The van der Waals surface area contributed by atoms with Crippen LogP contribution in [0.3, 0.4) is 0 Å². The van der Waals surface area contributed by atoms with Crippen molar-refractivity contribution < 1.29 is 26.3 Å². The minimum atomic E-state index is -4.89. The summed E-state index contributed by atoms with van der Waals surface area (Å²) in [5.41, 5.74) is 6.50. The molecule has 45 heavy (non-hydrogen) atoms. The van der Waals surface area contributed by atoms with Crippen LogP contribution in [-0.2, 0) is 12.4 Å². The Labute approximate surface area is 258 Å². The molecule has 0 aliphatic heterocycles. The standard InChI is InChI=1S/C39H30F6/c1-25-4-2-6-33-7-3-5-26(20-21-37(25)33)27-8-10-28(11-9-27)29-12-14-30(15-13-29)31-16-18-32(19-17-31)34-22-35(38(40,41)42)24-36(23-34)39(43,44)45/h2,6-25H,3-5H2,1H3/b26-20-,33-7?,37-21?. The van der Waals surface area contributed by atoms with E-state index in [-0.39, 0.29) is 17.2 Å². The molecule has 1 unspecified atom stereocenters. The van der Waals surface area contributed by atoms with Gasteiger partial charge in [-0.05, 0) is 99.0 Å². The predicted octanol–water partition coefficient (Wildman–Crippen LogP) is 12.4. The zero-order chi connectivity index (χ0) is 31.8. The number of hydrogen-bond donors (Lipinski definition) is 0. The Hall–Kier alpha value is -4.58. The highest BCUT2D eigenvalue weighted by molar-refractivity contribution is 5.75. The first-order chi connectivity index (χ1) is 21.5. The number of rotatable bonds is 4. The van der Waals surface area contributed by atoms with Gasteiger partial charge in [0.15, 0.2) is 0 Å². The summed E-state index contributed by atoms with van der Waals surface area (Å²) in [6.07, 6.45) is 4.60. The second-order valence-corrected chi connectivity index (χ2v) is 11.6. The lowest BCUT2D eigenvalue weighted by atomic mass is 9.83. The maximum atomic E-state index is 13.3. The summed E-state index contributed by atoms with van der Waals surface area (Å²) < 4.78 is 79.9. The van der Waals surface area contributed by atoms with E-state index in [9.17, 15) is 26.3 Å². The Morgan fingerprint density at radius 3 is 1.47 bits per heavy atom. The van der Waals surface area contributed by atoms with E-state index in [1.54, 1.807) is 24.3 Å². The van der Waals surface area contributed by atoms with Crippen LogP contribution in [0.1, 0.15) is 42.9 Å². The topological polar surface area (TPSA) is 0 Å². The smallest absolute Gasteiger partial charge is 0.166 e. The molecule has 0 fully saturated rings. The van der Waals surface area contributed by atoms with E-state index in [2.05, 4.69) is 61.6 Å². The minimum Gasteiger partial charge on any atom is -0.166 e.